The van der Waals surface area contributed by atoms with Crippen molar-refractivity contribution < 1.29 is 19.2 Å². The maximum atomic E-state index is 12.3. The van der Waals surface area contributed by atoms with E-state index in [0.717, 1.165) is 12.1 Å². The number of aromatic nitrogens is 3. The van der Waals surface area contributed by atoms with Crippen LogP contribution in [0.4, 0.5) is 5.69 Å². The van der Waals surface area contributed by atoms with Crippen LogP contribution in [-0.4, -0.2) is 31.9 Å². The van der Waals surface area contributed by atoms with E-state index >= 15 is 0 Å². The monoisotopic (exact) mass is 320 g/mol. The van der Waals surface area contributed by atoms with Crippen LogP contribution in [-0.2, 0) is 17.8 Å². The highest BCUT2D eigenvalue weighted by Gasteiger charge is 2.19. The Bertz CT molecular complexity index is 730. The lowest BCUT2D eigenvalue weighted by Crippen LogP contribution is -2.14. The molecule has 2 rings (SSSR count). The predicted molar refractivity (Wildman–Crippen MR) is 82.3 cm³/mol. The number of nitrogens with zero attached hydrogens (tertiary/aromatic N) is 3. The van der Waals surface area contributed by atoms with E-state index in [0.29, 0.717) is 23.0 Å². The van der Waals surface area contributed by atoms with E-state index in [1.807, 2.05) is 0 Å². The van der Waals surface area contributed by atoms with Crippen LogP contribution in [0.2, 0.25) is 0 Å². The van der Waals surface area contributed by atoms with Gasteiger partial charge in [0, 0.05) is 6.07 Å². The van der Waals surface area contributed by atoms with E-state index in [1.54, 1.807) is 19.9 Å². The fraction of sp³-hybridized carbons (Fsp3) is 0.467. The van der Waals surface area contributed by atoms with Gasteiger partial charge < -0.3 is 14.9 Å². The molecule has 0 aliphatic rings. The molecule has 0 aromatic carbocycles. The first-order valence-corrected chi connectivity index (χ1v) is 7.30. The normalized spacial score (nSPS) is 11.0. The smallest absolute Gasteiger partial charge is 0.325 e. The van der Waals surface area contributed by atoms with Crippen LogP contribution in [0.1, 0.15) is 41.5 Å². The molecular formula is C15H20N4O4. The molecule has 0 atom stereocenters. The number of carbonyl (C=O) groups is 2. The summed E-state index contributed by atoms with van der Waals surface area (Å²) in [5.74, 6) is -0.907. The van der Waals surface area contributed by atoms with Gasteiger partial charge in [-0.15, -0.1) is 0 Å². The zero-order chi connectivity index (χ0) is 17.1. The molecular weight excluding hydrogens is 300 g/mol. The number of hydrogen-bond donors (Lipinski definition) is 2. The topological polar surface area (TPSA) is 110 Å². The number of rotatable bonds is 6. The Morgan fingerprint density at radius 3 is 2.70 bits per heavy atom. The van der Waals surface area contributed by atoms with Gasteiger partial charge in [0.25, 0.3) is 5.91 Å². The van der Waals surface area contributed by atoms with Gasteiger partial charge in [-0.1, -0.05) is 19.0 Å². The summed E-state index contributed by atoms with van der Waals surface area (Å²) in [5, 5.41) is 19.6. The summed E-state index contributed by atoms with van der Waals surface area (Å²) in [5.41, 5.74) is 2.32. The minimum Gasteiger partial charge on any atom is -0.480 e. The summed E-state index contributed by atoms with van der Waals surface area (Å²) >= 11 is 0. The van der Waals surface area contributed by atoms with Crippen LogP contribution in [0, 0.1) is 19.8 Å². The number of aliphatic carboxylic acids is 1. The predicted octanol–water partition coefficient (Wildman–Crippen LogP) is 2.02. The maximum absolute atomic E-state index is 12.3. The van der Waals surface area contributed by atoms with Crippen LogP contribution in [0.3, 0.4) is 0 Å². The molecule has 0 aliphatic heterocycles. The molecule has 0 aliphatic carbocycles. The summed E-state index contributed by atoms with van der Waals surface area (Å²) < 4.78 is 6.40. The Morgan fingerprint density at radius 2 is 2.09 bits per heavy atom. The van der Waals surface area contributed by atoms with Crippen molar-refractivity contribution in [2.75, 3.05) is 5.32 Å². The van der Waals surface area contributed by atoms with Gasteiger partial charge in [-0.05, 0) is 26.2 Å². The molecule has 1 amide bonds. The highest BCUT2D eigenvalue weighted by atomic mass is 16.5. The van der Waals surface area contributed by atoms with Crippen LogP contribution < -0.4 is 5.32 Å². The van der Waals surface area contributed by atoms with Gasteiger partial charge in [0.05, 0.1) is 22.8 Å². The molecule has 124 valence electrons. The van der Waals surface area contributed by atoms with E-state index in [2.05, 4.69) is 29.4 Å². The van der Waals surface area contributed by atoms with Gasteiger partial charge in [-0.3, -0.25) is 14.3 Å². The number of carboxylic acid groups (broad SMARTS) is 1. The SMILES string of the molecule is Cc1nn(CC(=O)O)c(C)c1NC(=O)c1cc(CC(C)C)no1. The van der Waals surface area contributed by atoms with Crippen LogP contribution in [0.15, 0.2) is 10.6 Å². The maximum Gasteiger partial charge on any atom is 0.325 e. The van der Waals surface area contributed by atoms with Gasteiger partial charge in [-0.25, -0.2) is 0 Å². The van der Waals surface area contributed by atoms with Gasteiger partial charge in [0.15, 0.2) is 0 Å². The highest BCUT2D eigenvalue weighted by Crippen LogP contribution is 2.20. The molecule has 23 heavy (non-hydrogen) atoms. The zero-order valence-electron chi connectivity index (χ0n) is 13.6. The molecule has 0 radical (unpaired) electrons. The fourth-order valence-corrected chi connectivity index (χ4v) is 2.27. The molecule has 8 heteroatoms. The van der Waals surface area contributed by atoms with Crippen molar-refractivity contribution >= 4 is 17.6 Å². The Hall–Kier alpha value is -2.64. The number of carbonyl (C=O) groups excluding carboxylic acids is 1. The molecule has 2 aromatic rings. The van der Waals surface area contributed by atoms with Crippen molar-refractivity contribution in [3.63, 3.8) is 0 Å². The van der Waals surface area contributed by atoms with Gasteiger partial charge >= 0.3 is 5.97 Å². The Labute approximate surface area is 133 Å². The average Bonchev–Trinajstić information content (AvgIpc) is 2.98. The van der Waals surface area contributed by atoms with Crippen molar-refractivity contribution in [1.82, 2.24) is 14.9 Å². The number of nitrogens with one attached hydrogen (secondary N) is 1. The second-order valence-electron chi connectivity index (χ2n) is 5.83. The quantitative estimate of drug-likeness (QED) is 0.842. The lowest BCUT2D eigenvalue weighted by atomic mass is 10.1. The molecule has 2 heterocycles. The van der Waals surface area contributed by atoms with Gasteiger partial charge in [0.1, 0.15) is 6.54 Å². The number of carboxylic acids is 1. The third-order valence-electron chi connectivity index (χ3n) is 3.31. The summed E-state index contributed by atoms with van der Waals surface area (Å²) in [6.45, 7) is 7.24. The van der Waals surface area contributed by atoms with Crippen molar-refractivity contribution in [2.45, 2.75) is 40.7 Å². The summed E-state index contributed by atoms with van der Waals surface area (Å²) in [4.78, 5) is 23.1. The first-order valence-electron chi connectivity index (χ1n) is 7.30. The Kier molecular flexibility index (Phi) is 4.83. The van der Waals surface area contributed by atoms with Crippen molar-refractivity contribution in [1.29, 1.82) is 0 Å². The lowest BCUT2D eigenvalue weighted by Gasteiger charge is -2.04. The highest BCUT2D eigenvalue weighted by molar-refractivity contribution is 6.02. The third-order valence-corrected chi connectivity index (χ3v) is 3.31. The van der Waals surface area contributed by atoms with Gasteiger partial charge in [0.2, 0.25) is 5.76 Å². The first-order chi connectivity index (χ1) is 10.8. The van der Waals surface area contributed by atoms with E-state index in [4.69, 9.17) is 9.63 Å². The van der Waals surface area contributed by atoms with E-state index in [1.165, 1.54) is 4.68 Å². The van der Waals surface area contributed by atoms with Crippen molar-refractivity contribution in [3.05, 3.63) is 28.9 Å². The molecule has 2 aromatic heterocycles. The van der Waals surface area contributed by atoms with Crippen molar-refractivity contribution in [3.8, 4) is 0 Å². The molecule has 2 N–H and O–H groups in total. The van der Waals surface area contributed by atoms with Crippen molar-refractivity contribution in [2.24, 2.45) is 5.92 Å². The second-order valence-corrected chi connectivity index (χ2v) is 5.83. The first kappa shape index (κ1) is 16.7. The molecule has 0 fully saturated rings. The lowest BCUT2D eigenvalue weighted by molar-refractivity contribution is -0.137. The minimum absolute atomic E-state index is 0.116. The number of aryl methyl sites for hydroxylation is 1. The molecule has 8 nitrogen and oxygen atoms in total. The standard InChI is InChI=1S/C15H20N4O4/c1-8(2)5-11-6-12(23-18-11)15(22)16-14-9(3)17-19(10(14)4)7-13(20)21/h6,8H,5,7H2,1-4H3,(H,16,22)(H,20,21). The minimum atomic E-state index is -0.998. The van der Waals surface area contributed by atoms with Crippen LogP contribution >= 0.6 is 0 Å². The number of anilines is 1. The van der Waals surface area contributed by atoms with Crippen LogP contribution in [0.25, 0.3) is 0 Å². The molecule has 0 unspecified atom stereocenters. The van der Waals surface area contributed by atoms with E-state index in [-0.39, 0.29) is 12.3 Å². The molecule has 0 bridgehead atoms. The Morgan fingerprint density at radius 1 is 1.39 bits per heavy atom. The summed E-state index contributed by atoms with van der Waals surface area (Å²) in [6, 6.07) is 1.61. The van der Waals surface area contributed by atoms with Crippen LogP contribution in [0.5, 0.6) is 0 Å². The molecule has 0 spiro atoms. The zero-order valence-corrected chi connectivity index (χ0v) is 13.6. The number of amides is 1. The molecule has 0 saturated carbocycles. The molecule has 0 saturated heterocycles. The van der Waals surface area contributed by atoms with Gasteiger partial charge in [-0.2, -0.15) is 5.10 Å². The largest absolute Gasteiger partial charge is 0.480 e. The van der Waals surface area contributed by atoms with E-state index < -0.39 is 11.9 Å². The fourth-order valence-electron chi connectivity index (χ4n) is 2.27. The Balaban J connectivity index is 2.15. The number of hydrogen-bond acceptors (Lipinski definition) is 5. The summed E-state index contributed by atoms with van der Waals surface area (Å²) in [7, 11) is 0. The average molecular weight is 320 g/mol. The third kappa shape index (κ3) is 3.97. The van der Waals surface area contributed by atoms with E-state index in [9.17, 15) is 9.59 Å². The second kappa shape index (κ2) is 6.64. The summed E-state index contributed by atoms with van der Waals surface area (Å²) in [6.07, 6.45) is 0.728.